The standard InChI is InChI=1S/C11H12F2N2O2/c1-15-9(5-6-14)17-8-4-3-7(12)11(16-2)10(8)13/h3-6,14-15H,1-2H3/b9-5+,14-6?. The topological polar surface area (TPSA) is 54.3 Å². The molecule has 2 N–H and O–H groups in total. The zero-order chi connectivity index (χ0) is 12.8. The van der Waals surface area contributed by atoms with Gasteiger partial charge in [0.05, 0.1) is 7.11 Å². The summed E-state index contributed by atoms with van der Waals surface area (Å²) in [6.45, 7) is 0. The molecule has 0 heterocycles. The summed E-state index contributed by atoms with van der Waals surface area (Å²) in [6, 6.07) is 2.18. The predicted octanol–water partition coefficient (Wildman–Crippen LogP) is 2.06. The highest BCUT2D eigenvalue weighted by molar-refractivity contribution is 5.68. The third kappa shape index (κ3) is 2.93. The maximum absolute atomic E-state index is 13.7. The molecule has 4 nitrogen and oxygen atoms in total. The van der Waals surface area contributed by atoms with E-state index >= 15 is 0 Å². The predicted molar refractivity (Wildman–Crippen MR) is 59.5 cm³/mol. The highest BCUT2D eigenvalue weighted by atomic mass is 19.1. The molecule has 0 radical (unpaired) electrons. The summed E-state index contributed by atoms with van der Waals surface area (Å²) in [4.78, 5) is 0. The fourth-order valence-corrected chi connectivity index (χ4v) is 1.14. The fraction of sp³-hybridized carbons (Fsp3) is 0.182. The molecule has 0 aliphatic rings. The lowest BCUT2D eigenvalue weighted by molar-refractivity contribution is 0.329. The smallest absolute Gasteiger partial charge is 0.210 e. The Bertz CT molecular complexity index is 447. The quantitative estimate of drug-likeness (QED) is 0.613. The van der Waals surface area contributed by atoms with Crippen molar-refractivity contribution >= 4 is 6.21 Å². The molecular formula is C11H12F2N2O2. The van der Waals surface area contributed by atoms with E-state index < -0.39 is 17.4 Å². The van der Waals surface area contributed by atoms with E-state index in [1.807, 2.05) is 0 Å². The average Bonchev–Trinajstić information content (AvgIpc) is 2.32. The van der Waals surface area contributed by atoms with Crippen LogP contribution in [0.4, 0.5) is 8.78 Å². The molecule has 0 unspecified atom stereocenters. The van der Waals surface area contributed by atoms with E-state index in [9.17, 15) is 8.78 Å². The van der Waals surface area contributed by atoms with Gasteiger partial charge in [-0.25, -0.2) is 4.39 Å². The zero-order valence-corrected chi connectivity index (χ0v) is 9.38. The third-order valence-electron chi connectivity index (χ3n) is 1.92. The summed E-state index contributed by atoms with van der Waals surface area (Å²) in [5.74, 6) is -2.27. The van der Waals surface area contributed by atoms with Crippen molar-refractivity contribution in [3.05, 3.63) is 35.7 Å². The molecule has 6 heteroatoms. The molecule has 0 bridgehead atoms. The van der Waals surface area contributed by atoms with Crippen LogP contribution in [-0.4, -0.2) is 20.4 Å². The number of hydrogen-bond acceptors (Lipinski definition) is 4. The van der Waals surface area contributed by atoms with Gasteiger partial charge < -0.3 is 20.2 Å². The Hall–Kier alpha value is -2.11. The van der Waals surface area contributed by atoms with Crippen LogP contribution < -0.4 is 14.8 Å². The number of rotatable bonds is 5. The fourth-order valence-electron chi connectivity index (χ4n) is 1.14. The van der Waals surface area contributed by atoms with Crippen molar-refractivity contribution in [3.63, 3.8) is 0 Å². The van der Waals surface area contributed by atoms with E-state index in [4.69, 9.17) is 10.1 Å². The Morgan fingerprint density at radius 3 is 2.65 bits per heavy atom. The summed E-state index contributed by atoms with van der Waals surface area (Å²) < 4.78 is 36.5. The molecule has 0 spiro atoms. The Morgan fingerprint density at radius 2 is 2.12 bits per heavy atom. The second-order valence-corrected chi connectivity index (χ2v) is 2.94. The molecule has 1 rings (SSSR count). The number of hydrogen-bond donors (Lipinski definition) is 2. The molecule has 0 saturated carbocycles. The molecule has 0 aliphatic carbocycles. The van der Waals surface area contributed by atoms with Crippen molar-refractivity contribution in [3.8, 4) is 11.5 Å². The van der Waals surface area contributed by atoms with Crippen molar-refractivity contribution in [2.24, 2.45) is 0 Å². The van der Waals surface area contributed by atoms with Gasteiger partial charge in [-0.15, -0.1) is 0 Å². The van der Waals surface area contributed by atoms with Crippen molar-refractivity contribution in [1.29, 1.82) is 5.41 Å². The molecule has 0 saturated heterocycles. The molecule has 1 aromatic carbocycles. The van der Waals surface area contributed by atoms with Crippen LogP contribution in [0, 0.1) is 17.0 Å². The number of ether oxygens (including phenoxy) is 2. The van der Waals surface area contributed by atoms with Gasteiger partial charge in [0, 0.05) is 19.3 Å². The van der Waals surface area contributed by atoms with Gasteiger partial charge in [-0.1, -0.05) is 0 Å². The lowest BCUT2D eigenvalue weighted by Crippen LogP contribution is -2.13. The summed E-state index contributed by atoms with van der Waals surface area (Å²) in [5.41, 5.74) is 0. The largest absolute Gasteiger partial charge is 0.491 e. The molecule has 1 aromatic rings. The van der Waals surface area contributed by atoms with Crippen LogP contribution in [0.3, 0.4) is 0 Å². The Kier molecular flexibility index (Phi) is 4.45. The van der Waals surface area contributed by atoms with E-state index in [0.717, 1.165) is 25.5 Å². The minimum Gasteiger partial charge on any atom is -0.491 e. The monoisotopic (exact) mass is 242 g/mol. The first-order valence-electron chi connectivity index (χ1n) is 4.72. The lowest BCUT2D eigenvalue weighted by atomic mass is 10.3. The zero-order valence-electron chi connectivity index (χ0n) is 9.38. The van der Waals surface area contributed by atoms with E-state index in [2.05, 4.69) is 10.1 Å². The summed E-state index contributed by atoms with van der Waals surface area (Å²) in [6.07, 6.45) is 2.26. The van der Waals surface area contributed by atoms with Crippen molar-refractivity contribution < 1.29 is 18.3 Å². The molecule has 92 valence electrons. The first-order chi connectivity index (χ1) is 8.13. The highest BCUT2D eigenvalue weighted by Crippen LogP contribution is 2.29. The number of methoxy groups -OCH3 is 1. The van der Waals surface area contributed by atoms with Crippen LogP contribution in [0.15, 0.2) is 24.1 Å². The minimum atomic E-state index is -0.932. The molecule has 17 heavy (non-hydrogen) atoms. The number of benzene rings is 1. The summed E-state index contributed by atoms with van der Waals surface area (Å²) in [7, 11) is 2.71. The van der Waals surface area contributed by atoms with E-state index in [0.29, 0.717) is 0 Å². The van der Waals surface area contributed by atoms with Crippen molar-refractivity contribution in [2.75, 3.05) is 14.2 Å². The number of nitrogens with one attached hydrogen (secondary N) is 2. The van der Waals surface area contributed by atoms with E-state index in [1.165, 1.54) is 6.08 Å². The van der Waals surface area contributed by atoms with E-state index in [-0.39, 0.29) is 11.6 Å². The molecule has 0 fully saturated rings. The van der Waals surface area contributed by atoms with Crippen LogP contribution in [0.2, 0.25) is 0 Å². The molecule has 0 aromatic heterocycles. The van der Waals surface area contributed by atoms with Crippen molar-refractivity contribution in [2.45, 2.75) is 0 Å². The van der Waals surface area contributed by atoms with Crippen LogP contribution in [0.25, 0.3) is 0 Å². The van der Waals surface area contributed by atoms with Crippen LogP contribution in [0.5, 0.6) is 11.5 Å². The number of halogens is 2. The molecule has 0 amide bonds. The van der Waals surface area contributed by atoms with Crippen molar-refractivity contribution in [1.82, 2.24) is 5.32 Å². The number of allylic oxidation sites excluding steroid dienone is 1. The Balaban J connectivity index is 3.07. The SMILES string of the molecule is CN/C(=C\C=N)Oc1ccc(F)c(OC)c1F. The van der Waals surface area contributed by atoms with Crippen LogP contribution >= 0.6 is 0 Å². The Labute approximate surface area is 97.4 Å². The molecular weight excluding hydrogens is 230 g/mol. The van der Waals surface area contributed by atoms with Gasteiger partial charge in [-0.3, -0.25) is 0 Å². The summed E-state index contributed by atoms with van der Waals surface area (Å²) >= 11 is 0. The van der Waals surface area contributed by atoms with Crippen LogP contribution in [0.1, 0.15) is 0 Å². The van der Waals surface area contributed by atoms with Gasteiger partial charge >= 0.3 is 0 Å². The summed E-state index contributed by atoms with van der Waals surface area (Å²) in [5, 5.41) is 9.49. The molecule has 0 atom stereocenters. The van der Waals surface area contributed by atoms with Gasteiger partial charge in [0.1, 0.15) is 0 Å². The normalized spacial score (nSPS) is 10.9. The van der Waals surface area contributed by atoms with Gasteiger partial charge in [-0.2, -0.15) is 4.39 Å². The second-order valence-electron chi connectivity index (χ2n) is 2.94. The lowest BCUT2D eigenvalue weighted by Gasteiger charge is -2.11. The first kappa shape index (κ1) is 13.0. The second kappa shape index (κ2) is 5.83. The van der Waals surface area contributed by atoms with Crippen LogP contribution in [-0.2, 0) is 0 Å². The molecule has 0 aliphatic heterocycles. The van der Waals surface area contributed by atoms with Gasteiger partial charge in [0.25, 0.3) is 0 Å². The maximum Gasteiger partial charge on any atom is 0.210 e. The van der Waals surface area contributed by atoms with Gasteiger partial charge in [0.2, 0.25) is 5.82 Å². The van der Waals surface area contributed by atoms with E-state index in [1.54, 1.807) is 7.05 Å². The minimum absolute atomic E-state index is 0.160. The third-order valence-corrected chi connectivity index (χ3v) is 1.92. The average molecular weight is 242 g/mol. The van der Waals surface area contributed by atoms with Gasteiger partial charge in [-0.05, 0) is 12.1 Å². The highest BCUT2D eigenvalue weighted by Gasteiger charge is 2.16. The first-order valence-corrected chi connectivity index (χ1v) is 4.72. The Morgan fingerprint density at radius 1 is 1.41 bits per heavy atom. The maximum atomic E-state index is 13.7. The van der Waals surface area contributed by atoms with Gasteiger partial charge in [0.15, 0.2) is 23.2 Å².